The van der Waals surface area contributed by atoms with Crippen LogP contribution in [0.4, 0.5) is 4.79 Å². The molecule has 0 unspecified atom stereocenters. The van der Waals surface area contributed by atoms with Crippen LogP contribution in [0.1, 0.15) is 33.6 Å². The minimum atomic E-state index is -0.834. The maximum atomic E-state index is 11.3. The molecule has 0 bridgehead atoms. The van der Waals surface area contributed by atoms with Crippen molar-refractivity contribution in [1.82, 2.24) is 10.2 Å². The van der Waals surface area contributed by atoms with Gasteiger partial charge in [0.1, 0.15) is 0 Å². The predicted octanol–water partition coefficient (Wildman–Crippen LogP) is 0.643. The quantitative estimate of drug-likeness (QED) is 0.534. The van der Waals surface area contributed by atoms with Gasteiger partial charge in [-0.15, -0.1) is 0 Å². The van der Waals surface area contributed by atoms with Gasteiger partial charge in [-0.25, -0.2) is 9.69 Å². The van der Waals surface area contributed by atoms with Crippen LogP contribution in [0.2, 0.25) is 0 Å². The van der Waals surface area contributed by atoms with Gasteiger partial charge in [-0.05, 0) is 20.3 Å². The van der Waals surface area contributed by atoms with Crippen LogP contribution in [0.5, 0.6) is 0 Å². The number of carbonyl (C=O) groups is 3. The lowest BCUT2D eigenvalue weighted by Crippen LogP contribution is -2.48. The molecular formula is C9H14N2O3. The summed E-state index contributed by atoms with van der Waals surface area (Å²) in [5, 5.41) is 1.98. The zero-order chi connectivity index (χ0) is 10.9. The Morgan fingerprint density at radius 1 is 1.29 bits per heavy atom. The average molecular weight is 198 g/mol. The largest absolute Gasteiger partial charge is 0.332 e. The van der Waals surface area contributed by atoms with Crippen LogP contribution in [0.3, 0.4) is 0 Å². The van der Waals surface area contributed by atoms with Gasteiger partial charge in [0.2, 0.25) is 0 Å². The molecule has 0 aromatic heterocycles. The summed E-state index contributed by atoms with van der Waals surface area (Å²) in [5.74, 6) is -1.59. The third-order valence-electron chi connectivity index (χ3n) is 2.29. The third-order valence-corrected chi connectivity index (χ3v) is 2.29. The van der Waals surface area contributed by atoms with Crippen LogP contribution in [-0.2, 0) is 9.59 Å². The molecule has 14 heavy (non-hydrogen) atoms. The van der Waals surface area contributed by atoms with Crippen LogP contribution in [0.15, 0.2) is 0 Å². The highest BCUT2D eigenvalue weighted by Crippen LogP contribution is 2.23. The third kappa shape index (κ3) is 1.62. The summed E-state index contributed by atoms with van der Waals surface area (Å²) in [6, 6.07) is -0.613. The molecule has 0 aromatic carbocycles. The van der Waals surface area contributed by atoms with E-state index in [2.05, 4.69) is 0 Å². The maximum absolute atomic E-state index is 11.3. The molecular weight excluding hydrogens is 184 g/mol. The molecule has 1 rings (SSSR count). The molecule has 5 nitrogen and oxygen atoms in total. The maximum Gasteiger partial charge on any atom is 0.332 e. The molecule has 0 saturated carbocycles. The average Bonchev–Trinajstić information content (AvgIpc) is 2.26. The van der Waals surface area contributed by atoms with Gasteiger partial charge in [-0.1, -0.05) is 13.3 Å². The highest BCUT2D eigenvalue weighted by Gasteiger charge is 2.44. The van der Waals surface area contributed by atoms with Gasteiger partial charge in [-0.2, -0.15) is 0 Å². The number of imide groups is 2. The summed E-state index contributed by atoms with van der Waals surface area (Å²) in [5.41, 5.74) is -0.595. The molecule has 0 aliphatic carbocycles. The van der Waals surface area contributed by atoms with E-state index in [-0.39, 0.29) is 0 Å². The molecule has 5 heteroatoms. The Bertz CT molecular complexity index is 296. The molecule has 1 aliphatic rings. The molecule has 1 saturated heterocycles. The van der Waals surface area contributed by atoms with E-state index >= 15 is 0 Å². The lowest BCUT2D eigenvalue weighted by molar-refractivity contribution is -0.142. The Morgan fingerprint density at radius 3 is 2.21 bits per heavy atom. The molecule has 1 fully saturated rings. The minimum Gasteiger partial charge on any atom is -0.269 e. The fourth-order valence-corrected chi connectivity index (χ4v) is 1.67. The van der Waals surface area contributed by atoms with Crippen molar-refractivity contribution in [3.05, 3.63) is 0 Å². The summed E-state index contributed by atoms with van der Waals surface area (Å²) in [6.45, 7) is 5.50. The smallest absolute Gasteiger partial charge is 0.269 e. The van der Waals surface area contributed by atoms with E-state index in [4.69, 9.17) is 0 Å². The highest BCUT2D eigenvalue weighted by molar-refractivity contribution is 6.45. The zero-order valence-electron chi connectivity index (χ0n) is 8.59. The fourth-order valence-electron chi connectivity index (χ4n) is 1.67. The first kappa shape index (κ1) is 10.7. The summed E-state index contributed by atoms with van der Waals surface area (Å²) >= 11 is 0. The standard InChI is InChI=1S/C9H14N2O3/c1-4-5-9(2,3)11-7(13)6(12)10-8(11)14/h4-5H2,1-3H3,(H,10,12,14). The van der Waals surface area contributed by atoms with Crippen molar-refractivity contribution >= 4 is 17.8 Å². The summed E-state index contributed by atoms with van der Waals surface area (Å²) in [6.07, 6.45) is 1.53. The lowest BCUT2D eigenvalue weighted by atomic mass is 9.97. The Hall–Kier alpha value is -1.39. The van der Waals surface area contributed by atoms with Crippen LogP contribution in [0.25, 0.3) is 0 Å². The van der Waals surface area contributed by atoms with Gasteiger partial charge in [0, 0.05) is 5.54 Å². The Balaban J connectivity index is 2.92. The first-order valence-electron chi connectivity index (χ1n) is 4.59. The Labute approximate surface area is 82.4 Å². The van der Waals surface area contributed by atoms with E-state index < -0.39 is 23.4 Å². The van der Waals surface area contributed by atoms with Gasteiger partial charge < -0.3 is 0 Å². The van der Waals surface area contributed by atoms with Crippen LogP contribution in [-0.4, -0.2) is 28.3 Å². The zero-order valence-corrected chi connectivity index (χ0v) is 8.59. The first-order valence-corrected chi connectivity index (χ1v) is 4.59. The van der Waals surface area contributed by atoms with Gasteiger partial charge in [-0.3, -0.25) is 14.9 Å². The summed E-state index contributed by atoms with van der Waals surface area (Å²) in [7, 11) is 0. The minimum absolute atomic E-state index is 0.595. The van der Waals surface area contributed by atoms with Crippen LogP contribution >= 0.6 is 0 Å². The number of hydrogen-bond donors (Lipinski definition) is 1. The van der Waals surface area contributed by atoms with Crippen molar-refractivity contribution in [1.29, 1.82) is 0 Å². The van der Waals surface area contributed by atoms with E-state index in [0.29, 0.717) is 6.42 Å². The fraction of sp³-hybridized carbons (Fsp3) is 0.667. The Kier molecular flexibility index (Phi) is 2.59. The monoisotopic (exact) mass is 198 g/mol. The topological polar surface area (TPSA) is 66.5 Å². The molecule has 0 radical (unpaired) electrons. The number of nitrogens with one attached hydrogen (secondary N) is 1. The van der Waals surface area contributed by atoms with Crippen molar-refractivity contribution in [3.8, 4) is 0 Å². The van der Waals surface area contributed by atoms with Gasteiger partial charge >= 0.3 is 17.8 Å². The van der Waals surface area contributed by atoms with Crippen LogP contribution in [0, 0.1) is 0 Å². The number of urea groups is 1. The molecule has 0 atom stereocenters. The number of nitrogens with zero attached hydrogens (tertiary/aromatic N) is 1. The van der Waals surface area contributed by atoms with Crippen LogP contribution < -0.4 is 5.32 Å². The number of hydrogen-bond acceptors (Lipinski definition) is 3. The highest BCUT2D eigenvalue weighted by atomic mass is 16.2. The van der Waals surface area contributed by atoms with Crippen molar-refractivity contribution in [3.63, 3.8) is 0 Å². The second-order valence-electron chi connectivity index (χ2n) is 3.96. The molecule has 0 aromatic rings. The second kappa shape index (κ2) is 3.40. The molecule has 1 heterocycles. The van der Waals surface area contributed by atoms with E-state index in [1.165, 1.54) is 0 Å². The van der Waals surface area contributed by atoms with Gasteiger partial charge in [0.25, 0.3) is 0 Å². The summed E-state index contributed by atoms with van der Waals surface area (Å²) < 4.78 is 0. The van der Waals surface area contributed by atoms with Crippen molar-refractivity contribution < 1.29 is 14.4 Å². The molecule has 1 N–H and O–H groups in total. The number of amides is 4. The Morgan fingerprint density at radius 2 is 1.86 bits per heavy atom. The van der Waals surface area contributed by atoms with Crippen molar-refractivity contribution in [2.24, 2.45) is 0 Å². The van der Waals surface area contributed by atoms with E-state index in [9.17, 15) is 14.4 Å². The molecule has 78 valence electrons. The van der Waals surface area contributed by atoms with E-state index in [1.807, 2.05) is 12.2 Å². The molecule has 0 spiro atoms. The van der Waals surface area contributed by atoms with E-state index in [0.717, 1.165) is 11.3 Å². The second-order valence-corrected chi connectivity index (χ2v) is 3.96. The predicted molar refractivity (Wildman–Crippen MR) is 49.4 cm³/mol. The van der Waals surface area contributed by atoms with Gasteiger partial charge in [0.15, 0.2) is 0 Å². The SMILES string of the molecule is CCCC(C)(C)N1C(=O)NC(=O)C1=O. The first-order chi connectivity index (χ1) is 6.40. The molecule has 1 aliphatic heterocycles. The van der Waals surface area contributed by atoms with Crippen molar-refractivity contribution in [2.75, 3.05) is 0 Å². The van der Waals surface area contributed by atoms with Crippen molar-refractivity contribution in [2.45, 2.75) is 39.2 Å². The summed E-state index contributed by atoms with van der Waals surface area (Å²) in [4.78, 5) is 34.5. The normalized spacial score (nSPS) is 17.6. The van der Waals surface area contributed by atoms with E-state index in [1.54, 1.807) is 13.8 Å². The number of carbonyl (C=O) groups excluding carboxylic acids is 3. The van der Waals surface area contributed by atoms with Gasteiger partial charge in [0.05, 0.1) is 0 Å². The number of rotatable bonds is 3. The molecule has 4 amide bonds. The lowest BCUT2D eigenvalue weighted by Gasteiger charge is -2.31.